The summed E-state index contributed by atoms with van der Waals surface area (Å²) in [5, 5.41) is 11.0. The molecular formula is C22H21ClN4O2. The summed E-state index contributed by atoms with van der Waals surface area (Å²) in [6.45, 7) is 4.00. The molecule has 1 atom stereocenters. The Morgan fingerprint density at radius 1 is 1.17 bits per heavy atom. The van der Waals surface area contributed by atoms with Gasteiger partial charge in [-0.05, 0) is 43.2 Å². The molecule has 1 unspecified atom stereocenters. The molecule has 1 aromatic heterocycles. The number of hydrogen-bond donors (Lipinski definition) is 2. The molecule has 2 N–H and O–H groups in total. The Balaban J connectivity index is 1.60. The lowest BCUT2D eigenvalue weighted by Crippen LogP contribution is -2.23. The molecule has 0 bridgehead atoms. The second kappa shape index (κ2) is 7.72. The second-order valence-corrected chi connectivity index (χ2v) is 7.54. The minimum atomic E-state index is -0.679. The van der Waals surface area contributed by atoms with E-state index in [2.05, 4.69) is 15.7 Å². The maximum absolute atomic E-state index is 12.6. The molecular weight excluding hydrogens is 388 g/mol. The largest absolute Gasteiger partial charge is 0.326 e. The summed E-state index contributed by atoms with van der Waals surface area (Å²) in [4.78, 5) is 25.1. The molecule has 0 radical (unpaired) electrons. The average molecular weight is 409 g/mol. The molecule has 2 aromatic carbocycles. The average Bonchev–Trinajstić information content (AvgIpc) is 3.20. The Labute approximate surface area is 173 Å². The number of aryl methyl sites for hydroxylation is 2. The van der Waals surface area contributed by atoms with Gasteiger partial charge >= 0.3 is 0 Å². The van der Waals surface area contributed by atoms with E-state index in [1.165, 1.54) is 0 Å². The smallest absolute Gasteiger partial charge is 0.251 e. The van der Waals surface area contributed by atoms with Crippen molar-refractivity contribution in [3.05, 3.63) is 64.8 Å². The standard InChI is InChI=1S/C22H21ClN4O2/c1-3-17-20(14-6-8-15(23)9-7-14)21-25-22(29)18(27(21)26-17)12-19(28)24-16-10-4-13(2)5-11-16/h4-11,18H,3,12H2,1-2H3,(H,24,28)(H,25,29). The van der Waals surface area contributed by atoms with Gasteiger partial charge in [-0.3, -0.25) is 9.59 Å². The van der Waals surface area contributed by atoms with Crippen LogP contribution in [0.3, 0.4) is 0 Å². The van der Waals surface area contributed by atoms with Gasteiger partial charge in [-0.2, -0.15) is 5.10 Å². The third kappa shape index (κ3) is 3.76. The number of carbonyl (C=O) groups is 2. The summed E-state index contributed by atoms with van der Waals surface area (Å²) >= 11 is 6.01. The van der Waals surface area contributed by atoms with Crippen LogP contribution in [0.2, 0.25) is 5.02 Å². The van der Waals surface area contributed by atoms with Gasteiger partial charge in [0.25, 0.3) is 5.91 Å². The van der Waals surface area contributed by atoms with Gasteiger partial charge in [-0.1, -0.05) is 48.4 Å². The molecule has 2 heterocycles. The third-order valence-electron chi connectivity index (χ3n) is 5.00. The van der Waals surface area contributed by atoms with Crippen molar-refractivity contribution < 1.29 is 9.59 Å². The van der Waals surface area contributed by atoms with Crippen molar-refractivity contribution in [1.82, 2.24) is 9.78 Å². The van der Waals surface area contributed by atoms with Crippen LogP contribution in [0.5, 0.6) is 0 Å². The highest BCUT2D eigenvalue weighted by Crippen LogP contribution is 2.39. The minimum absolute atomic E-state index is 0.0115. The van der Waals surface area contributed by atoms with Gasteiger partial charge in [0.2, 0.25) is 5.91 Å². The molecule has 3 aromatic rings. The molecule has 2 amide bonds. The van der Waals surface area contributed by atoms with Crippen molar-refractivity contribution in [2.24, 2.45) is 0 Å². The predicted octanol–water partition coefficient (Wildman–Crippen LogP) is 4.60. The maximum Gasteiger partial charge on any atom is 0.251 e. The Kier molecular flexibility index (Phi) is 5.11. The van der Waals surface area contributed by atoms with Crippen LogP contribution in [0.25, 0.3) is 11.1 Å². The zero-order chi connectivity index (χ0) is 20.5. The van der Waals surface area contributed by atoms with Gasteiger partial charge in [0.1, 0.15) is 11.9 Å². The van der Waals surface area contributed by atoms with Crippen LogP contribution in [-0.2, 0) is 16.0 Å². The van der Waals surface area contributed by atoms with Crippen LogP contribution in [0.15, 0.2) is 48.5 Å². The van der Waals surface area contributed by atoms with Gasteiger partial charge in [0.15, 0.2) is 0 Å². The molecule has 0 saturated heterocycles. The lowest BCUT2D eigenvalue weighted by atomic mass is 10.0. The van der Waals surface area contributed by atoms with Gasteiger partial charge < -0.3 is 10.6 Å². The van der Waals surface area contributed by atoms with Gasteiger partial charge in [-0.15, -0.1) is 0 Å². The lowest BCUT2D eigenvalue weighted by molar-refractivity contribution is -0.123. The van der Waals surface area contributed by atoms with Crippen LogP contribution in [-0.4, -0.2) is 21.6 Å². The highest BCUT2D eigenvalue weighted by atomic mass is 35.5. The fraction of sp³-hybridized carbons (Fsp3) is 0.227. The van der Waals surface area contributed by atoms with Crippen molar-refractivity contribution >= 4 is 34.9 Å². The van der Waals surface area contributed by atoms with Crippen molar-refractivity contribution in [3.63, 3.8) is 0 Å². The first kappa shape index (κ1) is 19.2. The zero-order valence-electron chi connectivity index (χ0n) is 16.2. The first-order chi connectivity index (χ1) is 14.0. The normalized spacial score (nSPS) is 15.1. The van der Waals surface area contributed by atoms with Crippen LogP contribution in [0.4, 0.5) is 11.5 Å². The van der Waals surface area contributed by atoms with E-state index in [9.17, 15) is 9.59 Å². The molecule has 0 fully saturated rings. The van der Waals surface area contributed by atoms with E-state index < -0.39 is 6.04 Å². The lowest BCUT2D eigenvalue weighted by Gasteiger charge is -2.10. The highest BCUT2D eigenvalue weighted by Gasteiger charge is 2.36. The van der Waals surface area contributed by atoms with E-state index in [1.807, 2.05) is 62.4 Å². The molecule has 6 nitrogen and oxygen atoms in total. The molecule has 4 rings (SSSR count). The SMILES string of the molecule is CCc1nn2c(c1-c1ccc(Cl)cc1)NC(=O)C2CC(=O)Nc1ccc(C)cc1. The van der Waals surface area contributed by atoms with Crippen molar-refractivity contribution in [3.8, 4) is 11.1 Å². The van der Waals surface area contributed by atoms with Crippen LogP contribution < -0.4 is 10.6 Å². The molecule has 1 aliphatic heterocycles. The molecule has 29 heavy (non-hydrogen) atoms. The number of amides is 2. The molecule has 0 spiro atoms. The summed E-state index contributed by atoms with van der Waals surface area (Å²) in [6.07, 6.45) is 0.716. The van der Waals surface area contributed by atoms with Crippen molar-refractivity contribution in [2.45, 2.75) is 32.7 Å². The van der Waals surface area contributed by atoms with Crippen molar-refractivity contribution in [1.29, 1.82) is 0 Å². The van der Waals surface area contributed by atoms with Gasteiger partial charge in [0.05, 0.1) is 12.1 Å². The molecule has 148 valence electrons. The van der Waals surface area contributed by atoms with E-state index in [-0.39, 0.29) is 18.2 Å². The van der Waals surface area contributed by atoms with Crippen LogP contribution >= 0.6 is 11.6 Å². The maximum atomic E-state index is 12.6. The number of nitrogens with zero attached hydrogens (tertiary/aromatic N) is 2. The number of halogens is 1. The summed E-state index contributed by atoms with van der Waals surface area (Å²) in [7, 11) is 0. The number of fused-ring (bicyclic) bond motifs is 1. The fourth-order valence-electron chi connectivity index (χ4n) is 3.51. The quantitative estimate of drug-likeness (QED) is 0.648. The minimum Gasteiger partial charge on any atom is -0.326 e. The van der Waals surface area contributed by atoms with Crippen molar-refractivity contribution in [2.75, 3.05) is 10.6 Å². The van der Waals surface area contributed by atoms with Crippen LogP contribution in [0.1, 0.15) is 30.6 Å². The van der Waals surface area contributed by atoms with E-state index in [1.54, 1.807) is 4.68 Å². The summed E-state index contributed by atoms with van der Waals surface area (Å²) in [5.41, 5.74) is 4.49. The predicted molar refractivity (Wildman–Crippen MR) is 114 cm³/mol. The zero-order valence-corrected chi connectivity index (χ0v) is 17.0. The summed E-state index contributed by atoms with van der Waals surface area (Å²) in [6, 6.07) is 14.3. The topological polar surface area (TPSA) is 76.0 Å². The van der Waals surface area contributed by atoms with Crippen LogP contribution in [0, 0.1) is 6.92 Å². The first-order valence-corrected chi connectivity index (χ1v) is 9.88. The number of rotatable bonds is 5. The number of anilines is 2. The Morgan fingerprint density at radius 2 is 1.86 bits per heavy atom. The Hall–Kier alpha value is -3.12. The molecule has 1 aliphatic rings. The van der Waals surface area contributed by atoms with E-state index in [4.69, 9.17) is 11.6 Å². The second-order valence-electron chi connectivity index (χ2n) is 7.10. The van der Waals surface area contributed by atoms with E-state index in [0.29, 0.717) is 22.9 Å². The van der Waals surface area contributed by atoms with E-state index >= 15 is 0 Å². The summed E-state index contributed by atoms with van der Waals surface area (Å²) < 4.78 is 1.64. The molecule has 7 heteroatoms. The van der Waals surface area contributed by atoms with Gasteiger partial charge in [0, 0.05) is 16.3 Å². The number of aromatic nitrogens is 2. The number of carbonyl (C=O) groups excluding carboxylic acids is 2. The summed E-state index contributed by atoms with van der Waals surface area (Å²) in [5.74, 6) is 0.162. The van der Waals surface area contributed by atoms with E-state index in [0.717, 1.165) is 22.4 Å². The molecule has 0 saturated carbocycles. The van der Waals surface area contributed by atoms with Gasteiger partial charge in [-0.25, -0.2) is 4.68 Å². The number of nitrogens with one attached hydrogen (secondary N) is 2. The molecule has 0 aliphatic carbocycles. The first-order valence-electron chi connectivity index (χ1n) is 9.51. The third-order valence-corrected chi connectivity index (χ3v) is 5.26. The number of hydrogen-bond acceptors (Lipinski definition) is 3. The fourth-order valence-corrected chi connectivity index (χ4v) is 3.63. The Bertz CT molecular complexity index is 1070. The Morgan fingerprint density at radius 3 is 2.52 bits per heavy atom. The highest BCUT2D eigenvalue weighted by molar-refractivity contribution is 6.30. The monoisotopic (exact) mass is 408 g/mol. The number of benzene rings is 2.